The van der Waals surface area contributed by atoms with Gasteiger partial charge in [-0.1, -0.05) is 36.4 Å². The number of aromatic nitrogens is 2. The van der Waals surface area contributed by atoms with Gasteiger partial charge in [0.05, 0.1) is 11.5 Å². The molecule has 1 amide bonds. The minimum atomic E-state index is -0.818. The molecule has 3 aromatic rings. The fourth-order valence-corrected chi connectivity index (χ4v) is 2.88. The molecule has 8 heteroatoms. The van der Waals surface area contributed by atoms with Crippen LogP contribution in [0, 0.1) is 11.3 Å². The maximum absolute atomic E-state index is 12.6. The van der Waals surface area contributed by atoms with Gasteiger partial charge >= 0.3 is 5.97 Å². The van der Waals surface area contributed by atoms with Crippen LogP contribution in [0.4, 0.5) is 5.69 Å². The Hall–Kier alpha value is -3.99. The van der Waals surface area contributed by atoms with Crippen LogP contribution in [0.3, 0.4) is 0 Å². The first-order valence-electron chi connectivity index (χ1n) is 8.96. The van der Waals surface area contributed by atoms with E-state index in [0.717, 1.165) is 0 Å². The van der Waals surface area contributed by atoms with Gasteiger partial charge in [0.2, 0.25) is 0 Å². The van der Waals surface area contributed by atoms with Crippen molar-refractivity contribution >= 4 is 28.3 Å². The van der Waals surface area contributed by atoms with Crippen LogP contribution in [0.25, 0.3) is 10.8 Å². The Bertz CT molecular complexity index is 1150. The third-order valence-corrected chi connectivity index (χ3v) is 4.29. The van der Waals surface area contributed by atoms with E-state index in [9.17, 15) is 14.4 Å². The molecule has 0 saturated heterocycles. The van der Waals surface area contributed by atoms with Gasteiger partial charge in [0.25, 0.3) is 11.5 Å². The Balaban J connectivity index is 1.84. The van der Waals surface area contributed by atoms with Gasteiger partial charge in [-0.25, -0.2) is 9.48 Å². The van der Waals surface area contributed by atoms with Gasteiger partial charge in [0.1, 0.15) is 6.54 Å². The standard InChI is InChI=1S/C21H18N4O4/c1-2-25-20(27)17-11-7-6-10-16(17)19(23-25)21(28)29-14-18(26)24(13-12-22)15-8-4-3-5-9-15/h3-11H,2,13-14H2,1H3. The number of ether oxygens (including phenoxy) is 1. The molecule has 0 radical (unpaired) electrons. The van der Waals surface area contributed by atoms with E-state index in [1.54, 1.807) is 61.5 Å². The van der Waals surface area contributed by atoms with Crippen LogP contribution < -0.4 is 10.5 Å². The molecule has 0 aliphatic carbocycles. The summed E-state index contributed by atoms with van der Waals surface area (Å²) in [7, 11) is 0. The number of hydrogen-bond donors (Lipinski definition) is 0. The first kappa shape index (κ1) is 19.8. The lowest BCUT2D eigenvalue weighted by molar-refractivity contribution is -0.121. The number of hydrogen-bond acceptors (Lipinski definition) is 6. The van der Waals surface area contributed by atoms with Gasteiger partial charge < -0.3 is 4.74 Å². The Kier molecular flexibility index (Phi) is 6.00. The summed E-state index contributed by atoms with van der Waals surface area (Å²) >= 11 is 0. The molecule has 1 aromatic heterocycles. The van der Waals surface area contributed by atoms with E-state index in [2.05, 4.69) is 5.10 Å². The molecule has 1 heterocycles. The number of aryl methyl sites for hydroxylation is 1. The number of carbonyl (C=O) groups is 2. The van der Waals surface area contributed by atoms with E-state index < -0.39 is 18.5 Å². The topological polar surface area (TPSA) is 105 Å². The summed E-state index contributed by atoms with van der Waals surface area (Å²) in [6.45, 7) is 1.28. The molecule has 0 saturated carbocycles. The zero-order valence-electron chi connectivity index (χ0n) is 15.7. The van der Waals surface area contributed by atoms with Gasteiger partial charge in [-0.3, -0.25) is 14.5 Å². The van der Waals surface area contributed by atoms with E-state index in [1.807, 2.05) is 6.07 Å². The Labute approximate surface area is 166 Å². The van der Waals surface area contributed by atoms with Crippen LogP contribution in [-0.4, -0.2) is 34.8 Å². The van der Waals surface area contributed by atoms with Crippen molar-refractivity contribution in [2.45, 2.75) is 13.5 Å². The lowest BCUT2D eigenvalue weighted by atomic mass is 10.1. The molecular formula is C21H18N4O4. The largest absolute Gasteiger partial charge is 0.451 e. The van der Waals surface area contributed by atoms with Gasteiger partial charge in [-0.2, -0.15) is 10.4 Å². The van der Waals surface area contributed by atoms with Crippen LogP contribution in [0.15, 0.2) is 59.4 Å². The number of rotatable bonds is 6. The molecule has 0 N–H and O–H groups in total. The molecule has 0 bridgehead atoms. The third-order valence-electron chi connectivity index (χ3n) is 4.29. The zero-order chi connectivity index (χ0) is 20.8. The predicted octanol–water partition coefficient (Wildman–Crippen LogP) is 2.13. The minimum absolute atomic E-state index is 0.0404. The second-order valence-corrected chi connectivity index (χ2v) is 6.06. The van der Waals surface area contributed by atoms with E-state index in [4.69, 9.17) is 10.00 Å². The van der Waals surface area contributed by atoms with Crippen LogP contribution >= 0.6 is 0 Å². The van der Waals surface area contributed by atoms with Crippen molar-refractivity contribution in [3.63, 3.8) is 0 Å². The van der Waals surface area contributed by atoms with Crippen molar-refractivity contribution in [2.24, 2.45) is 0 Å². The molecule has 0 unspecified atom stereocenters. The molecule has 0 spiro atoms. The molecule has 0 aliphatic heterocycles. The molecule has 0 atom stereocenters. The van der Waals surface area contributed by atoms with Crippen molar-refractivity contribution in [1.29, 1.82) is 5.26 Å². The number of nitrogens with zero attached hydrogens (tertiary/aromatic N) is 4. The first-order valence-corrected chi connectivity index (χ1v) is 8.96. The second-order valence-electron chi connectivity index (χ2n) is 6.06. The van der Waals surface area contributed by atoms with Crippen LogP contribution in [0.1, 0.15) is 17.4 Å². The first-order chi connectivity index (χ1) is 14.1. The van der Waals surface area contributed by atoms with Crippen molar-refractivity contribution in [3.05, 3.63) is 70.6 Å². The molecule has 3 rings (SSSR count). The van der Waals surface area contributed by atoms with E-state index >= 15 is 0 Å². The molecule has 0 fully saturated rings. The number of anilines is 1. The highest BCUT2D eigenvalue weighted by Gasteiger charge is 2.21. The number of esters is 1. The smallest absolute Gasteiger partial charge is 0.359 e. The van der Waals surface area contributed by atoms with Crippen LogP contribution in [0.5, 0.6) is 0 Å². The predicted molar refractivity (Wildman–Crippen MR) is 106 cm³/mol. The quantitative estimate of drug-likeness (QED) is 0.472. The van der Waals surface area contributed by atoms with Gasteiger partial charge in [0, 0.05) is 17.6 Å². The molecule has 8 nitrogen and oxygen atoms in total. The monoisotopic (exact) mass is 390 g/mol. The number of fused-ring (bicyclic) bond motifs is 1. The Morgan fingerprint density at radius 2 is 1.76 bits per heavy atom. The third kappa shape index (κ3) is 4.14. The zero-order valence-corrected chi connectivity index (χ0v) is 15.7. The normalized spacial score (nSPS) is 10.3. The number of benzene rings is 2. The molecule has 0 aliphatic rings. The van der Waals surface area contributed by atoms with Crippen molar-refractivity contribution in [2.75, 3.05) is 18.1 Å². The SMILES string of the molecule is CCn1nc(C(=O)OCC(=O)N(CC#N)c2ccccc2)c2ccccc2c1=O. The fraction of sp³-hybridized carbons (Fsp3) is 0.190. The average Bonchev–Trinajstić information content (AvgIpc) is 2.76. The van der Waals surface area contributed by atoms with Crippen molar-refractivity contribution in [3.8, 4) is 6.07 Å². The van der Waals surface area contributed by atoms with Crippen LogP contribution in [-0.2, 0) is 16.1 Å². The highest BCUT2D eigenvalue weighted by Crippen LogP contribution is 2.16. The lowest BCUT2D eigenvalue weighted by Gasteiger charge is -2.19. The summed E-state index contributed by atoms with van der Waals surface area (Å²) < 4.78 is 6.34. The summed E-state index contributed by atoms with van der Waals surface area (Å²) in [5, 5.41) is 13.8. The maximum Gasteiger partial charge on any atom is 0.359 e. The molecule has 29 heavy (non-hydrogen) atoms. The van der Waals surface area contributed by atoms with Crippen LogP contribution in [0.2, 0.25) is 0 Å². The molecule has 146 valence electrons. The van der Waals surface area contributed by atoms with E-state index in [-0.39, 0.29) is 24.3 Å². The minimum Gasteiger partial charge on any atom is -0.451 e. The number of amides is 1. The fourth-order valence-electron chi connectivity index (χ4n) is 2.88. The van der Waals surface area contributed by atoms with Gasteiger partial charge in [-0.15, -0.1) is 0 Å². The lowest BCUT2D eigenvalue weighted by Crippen LogP contribution is -2.35. The van der Waals surface area contributed by atoms with Gasteiger partial charge in [-0.05, 0) is 25.1 Å². The maximum atomic E-state index is 12.6. The molecule has 2 aromatic carbocycles. The van der Waals surface area contributed by atoms with Gasteiger partial charge in [0.15, 0.2) is 12.3 Å². The van der Waals surface area contributed by atoms with E-state index in [1.165, 1.54) is 9.58 Å². The van der Waals surface area contributed by atoms with Crippen molar-refractivity contribution < 1.29 is 14.3 Å². The van der Waals surface area contributed by atoms with Crippen molar-refractivity contribution in [1.82, 2.24) is 9.78 Å². The number of para-hydroxylation sites is 1. The summed E-state index contributed by atoms with van der Waals surface area (Å²) in [4.78, 5) is 38.8. The number of nitriles is 1. The van der Waals surface area contributed by atoms with E-state index in [0.29, 0.717) is 16.5 Å². The highest BCUT2D eigenvalue weighted by molar-refractivity contribution is 6.03. The summed E-state index contributed by atoms with van der Waals surface area (Å²) in [6, 6.07) is 17.2. The average molecular weight is 390 g/mol. The summed E-state index contributed by atoms with van der Waals surface area (Å²) in [5.74, 6) is -1.36. The summed E-state index contributed by atoms with van der Waals surface area (Å²) in [5.41, 5.74) is 0.180. The second kappa shape index (κ2) is 8.80. The Morgan fingerprint density at radius 3 is 2.41 bits per heavy atom. The number of carbonyl (C=O) groups excluding carboxylic acids is 2. The molecular weight excluding hydrogens is 372 g/mol. The Morgan fingerprint density at radius 1 is 1.10 bits per heavy atom. The summed E-state index contributed by atoms with van der Waals surface area (Å²) in [6.07, 6.45) is 0. The highest BCUT2D eigenvalue weighted by atomic mass is 16.5.